The van der Waals surface area contributed by atoms with Crippen molar-refractivity contribution in [2.24, 2.45) is 0 Å². The first-order valence-corrected chi connectivity index (χ1v) is 6.77. The molecule has 0 fully saturated rings. The minimum Gasteiger partial charge on any atom is -0.422 e. The fourth-order valence-corrected chi connectivity index (χ4v) is 2.83. The molecule has 2 heterocycles. The number of para-hydroxylation sites is 1. The Balaban J connectivity index is 2.46. The monoisotopic (exact) mass is 322 g/mol. The van der Waals surface area contributed by atoms with E-state index in [2.05, 4.69) is 20.9 Å². The molecule has 2 aromatic heterocycles. The third-order valence-electron chi connectivity index (χ3n) is 2.54. The van der Waals surface area contributed by atoms with Gasteiger partial charge < -0.3 is 10.2 Å². The molecule has 0 aliphatic heterocycles. The lowest BCUT2D eigenvalue weighted by Crippen LogP contribution is -2.02. The number of thiazole rings is 1. The Bertz CT molecular complexity index is 794. The summed E-state index contributed by atoms with van der Waals surface area (Å²) in [6.07, 6.45) is 0. The molecule has 18 heavy (non-hydrogen) atoms. The van der Waals surface area contributed by atoms with Crippen LogP contribution in [0.5, 0.6) is 0 Å². The highest BCUT2D eigenvalue weighted by atomic mass is 79.9. The van der Waals surface area contributed by atoms with Gasteiger partial charge in [0.25, 0.3) is 0 Å². The topological polar surface area (TPSA) is 69.1 Å². The van der Waals surface area contributed by atoms with Gasteiger partial charge in [0.2, 0.25) is 0 Å². The van der Waals surface area contributed by atoms with Crippen LogP contribution in [0, 0.1) is 0 Å². The van der Waals surface area contributed by atoms with Crippen molar-refractivity contribution in [3.05, 3.63) is 44.5 Å². The summed E-state index contributed by atoms with van der Waals surface area (Å²) >= 11 is 4.60. The van der Waals surface area contributed by atoms with Gasteiger partial charge in [-0.2, -0.15) is 0 Å². The van der Waals surface area contributed by atoms with Crippen LogP contribution in [-0.4, -0.2) is 4.98 Å². The van der Waals surface area contributed by atoms with Gasteiger partial charge >= 0.3 is 5.63 Å². The van der Waals surface area contributed by atoms with Gasteiger partial charge in [0.15, 0.2) is 5.13 Å². The molecule has 0 bridgehead atoms. The van der Waals surface area contributed by atoms with Crippen LogP contribution in [-0.2, 0) is 0 Å². The number of benzene rings is 1. The average Bonchev–Trinajstić information content (AvgIpc) is 2.77. The van der Waals surface area contributed by atoms with E-state index in [-0.39, 0.29) is 0 Å². The zero-order valence-corrected chi connectivity index (χ0v) is 11.4. The molecular formula is C12H7BrN2O2S. The summed E-state index contributed by atoms with van der Waals surface area (Å²) in [6.45, 7) is 0. The summed E-state index contributed by atoms with van der Waals surface area (Å²) in [5.41, 5.74) is 7.14. The lowest BCUT2D eigenvalue weighted by Gasteiger charge is -2.04. The second-order valence-electron chi connectivity index (χ2n) is 3.65. The number of nitrogens with zero attached hydrogens (tertiary/aromatic N) is 1. The maximum Gasteiger partial charge on any atom is 0.351 e. The second kappa shape index (κ2) is 4.22. The number of fused-ring (bicyclic) bond motifs is 1. The predicted octanol–water partition coefficient (Wildman–Crippen LogP) is 3.26. The van der Waals surface area contributed by atoms with Crippen LogP contribution in [0.1, 0.15) is 0 Å². The molecule has 6 heteroatoms. The van der Waals surface area contributed by atoms with E-state index in [1.165, 1.54) is 11.3 Å². The number of nitrogens with two attached hydrogens (primary N) is 1. The second-order valence-corrected chi connectivity index (χ2v) is 5.33. The Morgan fingerprint density at radius 1 is 1.33 bits per heavy atom. The zero-order chi connectivity index (χ0) is 12.7. The van der Waals surface area contributed by atoms with Crippen molar-refractivity contribution in [3.8, 4) is 11.3 Å². The fourth-order valence-electron chi connectivity index (χ4n) is 1.78. The molecule has 0 aliphatic rings. The van der Waals surface area contributed by atoms with E-state index in [4.69, 9.17) is 10.2 Å². The Labute approximate surface area is 114 Å². The van der Waals surface area contributed by atoms with Gasteiger partial charge in [-0.05, 0) is 22.0 Å². The minimum atomic E-state index is -0.421. The Morgan fingerprint density at radius 2 is 2.11 bits per heavy atom. The summed E-state index contributed by atoms with van der Waals surface area (Å²) in [7, 11) is 0. The van der Waals surface area contributed by atoms with Crippen molar-refractivity contribution in [3.63, 3.8) is 0 Å². The van der Waals surface area contributed by atoms with E-state index >= 15 is 0 Å². The number of aromatic nitrogens is 1. The first-order chi connectivity index (χ1) is 8.66. The van der Waals surface area contributed by atoms with Gasteiger partial charge in [-0.1, -0.05) is 18.2 Å². The molecule has 0 saturated heterocycles. The lowest BCUT2D eigenvalue weighted by molar-refractivity contribution is 0.557. The molecule has 0 radical (unpaired) electrons. The van der Waals surface area contributed by atoms with Crippen LogP contribution < -0.4 is 11.4 Å². The van der Waals surface area contributed by atoms with E-state index in [0.717, 1.165) is 10.9 Å². The van der Waals surface area contributed by atoms with E-state index < -0.39 is 5.63 Å². The molecule has 1 aromatic carbocycles. The molecule has 2 N–H and O–H groups in total. The molecule has 0 amide bonds. The van der Waals surface area contributed by atoms with E-state index in [1.807, 2.05) is 23.6 Å². The standard InChI is InChI=1S/C12H7BrN2O2S/c13-10-9(7-5-18-12(14)15-7)6-3-1-2-4-8(6)17-11(10)16/h1-5H,(H2,14,15). The summed E-state index contributed by atoms with van der Waals surface area (Å²) in [5, 5.41) is 3.12. The third-order valence-corrected chi connectivity index (χ3v) is 3.93. The van der Waals surface area contributed by atoms with Crippen molar-refractivity contribution in [2.45, 2.75) is 0 Å². The van der Waals surface area contributed by atoms with Crippen LogP contribution in [0.25, 0.3) is 22.2 Å². The van der Waals surface area contributed by atoms with Crippen LogP contribution in [0.3, 0.4) is 0 Å². The molecule has 4 nitrogen and oxygen atoms in total. The lowest BCUT2D eigenvalue weighted by atomic mass is 10.1. The summed E-state index contributed by atoms with van der Waals surface area (Å²) in [5.74, 6) is 0. The Hall–Kier alpha value is -1.66. The molecule has 0 aliphatic carbocycles. The summed E-state index contributed by atoms with van der Waals surface area (Å²) in [6, 6.07) is 7.34. The fraction of sp³-hybridized carbons (Fsp3) is 0. The van der Waals surface area contributed by atoms with Crippen molar-refractivity contribution in [1.29, 1.82) is 0 Å². The smallest absolute Gasteiger partial charge is 0.351 e. The summed E-state index contributed by atoms with van der Waals surface area (Å²) < 4.78 is 5.57. The molecule has 3 rings (SSSR count). The molecule has 90 valence electrons. The van der Waals surface area contributed by atoms with Gasteiger partial charge in [-0.25, -0.2) is 9.78 Å². The predicted molar refractivity (Wildman–Crippen MR) is 75.7 cm³/mol. The van der Waals surface area contributed by atoms with E-state index in [0.29, 0.717) is 20.9 Å². The molecular weight excluding hydrogens is 316 g/mol. The van der Waals surface area contributed by atoms with Crippen LogP contribution >= 0.6 is 27.3 Å². The van der Waals surface area contributed by atoms with Gasteiger partial charge in [0.05, 0.1) is 5.69 Å². The number of hydrogen-bond acceptors (Lipinski definition) is 5. The van der Waals surface area contributed by atoms with E-state index in [9.17, 15) is 4.79 Å². The zero-order valence-electron chi connectivity index (χ0n) is 9.01. The molecule has 0 atom stereocenters. The number of rotatable bonds is 1. The van der Waals surface area contributed by atoms with Crippen LogP contribution in [0.4, 0.5) is 5.13 Å². The Kier molecular flexibility index (Phi) is 2.68. The first-order valence-electron chi connectivity index (χ1n) is 5.09. The first kappa shape index (κ1) is 11.4. The molecule has 3 aromatic rings. The average molecular weight is 323 g/mol. The quantitative estimate of drug-likeness (QED) is 0.698. The van der Waals surface area contributed by atoms with Gasteiger partial charge in [0.1, 0.15) is 10.1 Å². The highest BCUT2D eigenvalue weighted by Crippen LogP contribution is 2.34. The minimum absolute atomic E-state index is 0.367. The summed E-state index contributed by atoms with van der Waals surface area (Å²) in [4.78, 5) is 16.0. The van der Waals surface area contributed by atoms with Crippen molar-refractivity contribution < 1.29 is 4.42 Å². The molecule has 0 saturated carbocycles. The number of hydrogen-bond donors (Lipinski definition) is 1. The van der Waals surface area contributed by atoms with Crippen molar-refractivity contribution in [1.82, 2.24) is 4.98 Å². The van der Waals surface area contributed by atoms with Crippen LogP contribution in [0.2, 0.25) is 0 Å². The SMILES string of the molecule is Nc1nc(-c2c(Br)c(=O)oc3ccccc23)cs1. The maximum atomic E-state index is 11.8. The van der Waals surface area contributed by atoms with Crippen molar-refractivity contribution in [2.75, 3.05) is 5.73 Å². The maximum absolute atomic E-state index is 11.8. The normalized spacial score (nSPS) is 10.9. The van der Waals surface area contributed by atoms with Gasteiger partial charge in [-0.3, -0.25) is 0 Å². The highest BCUT2D eigenvalue weighted by molar-refractivity contribution is 9.10. The molecule has 0 unspecified atom stereocenters. The Morgan fingerprint density at radius 3 is 2.83 bits per heavy atom. The molecule has 0 spiro atoms. The number of halogens is 1. The number of anilines is 1. The number of nitrogen functional groups attached to an aromatic ring is 1. The van der Waals surface area contributed by atoms with Gasteiger partial charge in [-0.15, -0.1) is 11.3 Å². The van der Waals surface area contributed by atoms with E-state index in [1.54, 1.807) is 6.07 Å². The third kappa shape index (κ3) is 1.74. The van der Waals surface area contributed by atoms with Crippen molar-refractivity contribution >= 4 is 43.4 Å². The van der Waals surface area contributed by atoms with Crippen LogP contribution in [0.15, 0.2) is 43.3 Å². The highest BCUT2D eigenvalue weighted by Gasteiger charge is 2.16. The van der Waals surface area contributed by atoms with Gasteiger partial charge in [0, 0.05) is 16.3 Å². The largest absolute Gasteiger partial charge is 0.422 e.